The van der Waals surface area contributed by atoms with Crippen molar-refractivity contribution >= 4 is 0 Å². The number of aromatic nitrogens is 1. The highest BCUT2D eigenvalue weighted by Crippen LogP contribution is 2.28. The molecule has 72 valence electrons. The minimum absolute atomic E-state index is 0.606. The van der Waals surface area contributed by atoms with Gasteiger partial charge in [0.15, 0.2) is 0 Å². The Kier molecular flexibility index (Phi) is 2.69. The summed E-state index contributed by atoms with van der Waals surface area (Å²) in [6.45, 7) is 3.35. The van der Waals surface area contributed by atoms with Crippen molar-refractivity contribution in [3.8, 4) is 0 Å². The maximum Gasteiger partial charge on any atom is 0.0338 e. The number of rotatable bonds is 3. The smallest absolute Gasteiger partial charge is 0.0338 e. The van der Waals surface area contributed by atoms with Gasteiger partial charge in [0.1, 0.15) is 0 Å². The molecule has 13 heavy (non-hydrogen) atoms. The van der Waals surface area contributed by atoms with Gasteiger partial charge in [0.2, 0.25) is 0 Å². The lowest BCUT2D eigenvalue weighted by Crippen LogP contribution is -2.25. The van der Waals surface area contributed by atoms with Crippen LogP contribution >= 0.6 is 0 Å². The van der Waals surface area contributed by atoms with Gasteiger partial charge in [-0.2, -0.15) is 0 Å². The molecule has 1 unspecified atom stereocenters. The van der Waals surface area contributed by atoms with Crippen LogP contribution in [0.1, 0.15) is 43.5 Å². The third-order valence-corrected chi connectivity index (χ3v) is 2.80. The molecule has 0 saturated carbocycles. The molecule has 1 atom stereocenters. The lowest BCUT2D eigenvalue weighted by Gasteiger charge is -2.23. The van der Waals surface area contributed by atoms with Crippen LogP contribution in [-0.4, -0.2) is 11.5 Å². The molecule has 1 aromatic heterocycles. The maximum absolute atomic E-state index is 3.59. The van der Waals surface area contributed by atoms with Gasteiger partial charge in [-0.25, -0.2) is 0 Å². The quantitative estimate of drug-likeness (QED) is 0.730. The van der Waals surface area contributed by atoms with E-state index in [4.69, 9.17) is 0 Å². The molecule has 1 aliphatic rings. The Morgan fingerprint density at radius 1 is 1.62 bits per heavy atom. The number of fused-ring (bicyclic) bond motifs is 1. The summed E-state index contributed by atoms with van der Waals surface area (Å²) in [5, 5.41) is 3.59. The van der Waals surface area contributed by atoms with Crippen LogP contribution in [0.5, 0.6) is 0 Å². The summed E-state index contributed by atoms with van der Waals surface area (Å²) in [6.07, 6.45) is 7.12. The molecule has 0 fully saturated rings. The first-order chi connectivity index (χ1) is 6.42. The maximum atomic E-state index is 3.59. The van der Waals surface area contributed by atoms with Crippen molar-refractivity contribution < 1.29 is 0 Å². The van der Waals surface area contributed by atoms with Crippen molar-refractivity contribution in [3.05, 3.63) is 23.5 Å². The van der Waals surface area contributed by atoms with Gasteiger partial charge in [0, 0.05) is 17.9 Å². The SMILES string of the molecule is CCCNC1CCCc2[nH]ccc21. The minimum Gasteiger partial charge on any atom is -0.365 e. The fourth-order valence-electron chi connectivity index (χ4n) is 2.13. The van der Waals surface area contributed by atoms with Crippen LogP contribution < -0.4 is 5.32 Å². The zero-order valence-electron chi connectivity index (χ0n) is 8.27. The molecular weight excluding hydrogens is 160 g/mol. The Balaban J connectivity index is 2.07. The molecular formula is C11H18N2. The number of aryl methyl sites for hydroxylation is 1. The van der Waals surface area contributed by atoms with Gasteiger partial charge < -0.3 is 10.3 Å². The third-order valence-electron chi connectivity index (χ3n) is 2.80. The van der Waals surface area contributed by atoms with E-state index in [0.29, 0.717) is 6.04 Å². The Bertz CT molecular complexity index is 265. The lowest BCUT2D eigenvalue weighted by molar-refractivity contribution is 0.459. The van der Waals surface area contributed by atoms with Gasteiger partial charge >= 0.3 is 0 Å². The van der Waals surface area contributed by atoms with E-state index < -0.39 is 0 Å². The van der Waals surface area contributed by atoms with Crippen molar-refractivity contribution in [2.75, 3.05) is 6.54 Å². The molecule has 0 amide bonds. The predicted octanol–water partition coefficient (Wildman–Crippen LogP) is 2.39. The largest absolute Gasteiger partial charge is 0.365 e. The molecule has 1 aromatic rings. The van der Waals surface area contributed by atoms with Crippen LogP contribution in [0.25, 0.3) is 0 Å². The summed E-state index contributed by atoms with van der Waals surface area (Å²) in [6, 6.07) is 2.83. The van der Waals surface area contributed by atoms with Gasteiger partial charge in [-0.1, -0.05) is 6.92 Å². The van der Waals surface area contributed by atoms with Crippen molar-refractivity contribution in [2.45, 2.75) is 38.6 Å². The molecule has 1 aliphatic carbocycles. The van der Waals surface area contributed by atoms with Crippen LogP contribution in [0.15, 0.2) is 12.3 Å². The van der Waals surface area contributed by atoms with E-state index in [0.717, 1.165) is 6.54 Å². The molecule has 2 heteroatoms. The molecule has 0 aliphatic heterocycles. The topological polar surface area (TPSA) is 27.8 Å². The average Bonchev–Trinajstić information content (AvgIpc) is 2.62. The third kappa shape index (κ3) is 1.78. The fraction of sp³-hybridized carbons (Fsp3) is 0.636. The Hall–Kier alpha value is -0.760. The standard InChI is InChI=1S/C11H18N2/c1-2-7-12-10-4-3-5-11-9(10)6-8-13-11/h6,8,10,12-13H,2-5,7H2,1H3. The van der Waals surface area contributed by atoms with E-state index in [-0.39, 0.29) is 0 Å². The summed E-state index contributed by atoms with van der Waals surface area (Å²) < 4.78 is 0. The van der Waals surface area contributed by atoms with Crippen LogP contribution in [-0.2, 0) is 6.42 Å². The molecule has 0 spiro atoms. The fourth-order valence-corrected chi connectivity index (χ4v) is 2.13. The van der Waals surface area contributed by atoms with E-state index in [1.54, 1.807) is 0 Å². The molecule has 0 saturated heterocycles. The normalized spacial score (nSPS) is 21.5. The van der Waals surface area contributed by atoms with Gasteiger partial charge in [-0.05, 0) is 43.9 Å². The van der Waals surface area contributed by atoms with E-state index >= 15 is 0 Å². The molecule has 1 heterocycles. The number of hydrogen-bond donors (Lipinski definition) is 2. The minimum atomic E-state index is 0.606. The monoisotopic (exact) mass is 178 g/mol. The lowest BCUT2D eigenvalue weighted by atomic mass is 9.93. The van der Waals surface area contributed by atoms with E-state index in [9.17, 15) is 0 Å². The van der Waals surface area contributed by atoms with Crippen LogP contribution in [0.2, 0.25) is 0 Å². The highest BCUT2D eigenvalue weighted by molar-refractivity contribution is 5.26. The summed E-state index contributed by atoms with van der Waals surface area (Å²) in [7, 11) is 0. The highest BCUT2D eigenvalue weighted by atomic mass is 14.9. The second-order valence-electron chi connectivity index (χ2n) is 3.81. The first kappa shape index (κ1) is 8.82. The Morgan fingerprint density at radius 2 is 2.54 bits per heavy atom. The average molecular weight is 178 g/mol. The van der Waals surface area contributed by atoms with Crippen molar-refractivity contribution in [2.24, 2.45) is 0 Å². The molecule has 0 radical (unpaired) electrons. The molecule has 2 N–H and O–H groups in total. The second kappa shape index (κ2) is 3.97. The predicted molar refractivity (Wildman–Crippen MR) is 54.8 cm³/mol. The number of H-pyrrole nitrogens is 1. The molecule has 2 nitrogen and oxygen atoms in total. The zero-order valence-corrected chi connectivity index (χ0v) is 8.27. The van der Waals surface area contributed by atoms with Gasteiger partial charge in [-0.15, -0.1) is 0 Å². The summed E-state index contributed by atoms with van der Waals surface area (Å²) >= 11 is 0. The first-order valence-corrected chi connectivity index (χ1v) is 5.31. The van der Waals surface area contributed by atoms with Gasteiger partial charge in [-0.3, -0.25) is 0 Å². The second-order valence-corrected chi connectivity index (χ2v) is 3.81. The summed E-state index contributed by atoms with van der Waals surface area (Å²) in [5.74, 6) is 0. The van der Waals surface area contributed by atoms with E-state index in [1.807, 2.05) is 0 Å². The zero-order chi connectivity index (χ0) is 9.10. The van der Waals surface area contributed by atoms with E-state index in [1.165, 1.54) is 36.9 Å². The van der Waals surface area contributed by atoms with E-state index in [2.05, 4.69) is 29.5 Å². The summed E-state index contributed by atoms with van der Waals surface area (Å²) in [5.41, 5.74) is 2.94. The number of hydrogen-bond acceptors (Lipinski definition) is 1. The van der Waals surface area contributed by atoms with Crippen molar-refractivity contribution in [1.82, 2.24) is 10.3 Å². The van der Waals surface area contributed by atoms with Crippen molar-refractivity contribution in [3.63, 3.8) is 0 Å². The van der Waals surface area contributed by atoms with Crippen LogP contribution in [0.3, 0.4) is 0 Å². The van der Waals surface area contributed by atoms with Crippen LogP contribution in [0, 0.1) is 0 Å². The number of nitrogens with one attached hydrogen (secondary N) is 2. The van der Waals surface area contributed by atoms with Gasteiger partial charge in [0.05, 0.1) is 0 Å². The molecule has 2 rings (SSSR count). The highest BCUT2D eigenvalue weighted by Gasteiger charge is 2.19. The van der Waals surface area contributed by atoms with Crippen LogP contribution in [0.4, 0.5) is 0 Å². The van der Waals surface area contributed by atoms with Crippen molar-refractivity contribution in [1.29, 1.82) is 0 Å². The molecule has 0 bridgehead atoms. The Labute approximate surface area is 79.7 Å². The number of aromatic amines is 1. The molecule has 0 aromatic carbocycles. The Morgan fingerprint density at radius 3 is 3.38 bits per heavy atom. The summed E-state index contributed by atoms with van der Waals surface area (Å²) in [4.78, 5) is 3.32. The van der Waals surface area contributed by atoms with Gasteiger partial charge in [0.25, 0.3) is 0 Å². The first-order valence-electron chi connectivity index (χ1n) is 5.31.